The first-order valence-corrected chi connectivity index (χ1v) is 7.58. The van der Waals surface area contributed by atoms with E-state index in [0.29, 0.717) is 12.6 Å². The number of aromatic nitrogens is 1. The smallest absolute Gasteiger partial charge is 0.223 e. The van der Waals surface area contributed by atoms with E-state index in [9.17, 15) is 4.79 Å². The molecule has 0 saturated carbocycles. The summed E-state index contributed by atoms with van der Waals surface area (Å²) in [5, 5.41) is 7.56. The van der Waals surface area contributed by atoms with Crippen LogP contribution in [0.15, 0.2) is 36.5 Å². The summed E-state index contributed by atoms with van der Waals surface area (Å²) in [6.45, 7) is 3.61. The Morgan fingerprint density at radius 2 is 2.24 bits per heavy atom. The zero-order chi connectivity index (χ0) is 14.7. The minimum absolute atomic E-state index is 0.129. The molecule has 0 radical (unpaired) electrons. The minimum Gasteiger partial charge on any atom is -0.352 e. The van der Waals surface area contributed by atoms with Crippen LogP contribution < -0.4 is 10.6 Å². The zero-order valence-electron chi connectivity index (χ0n) is 12.3. The second-order valence-electron chi connectivity index (χ2n) is 5.79. The minimum atomic E-state index is 0.129. The third kappa shape index (κ3) is 3.22. The van der Waals surface area contributed by atoms with Gasteiger partial charge in [0.2, 0.25) is 5.91 Å². The molecule has 2 unspecified atom stereocenters. The van der Waals surface area contributed by atoms with E-state index in [1.165, 1.54) is 0 Å². The normalized spacial score (nSPS) is 22.1. The molecule has 2 aromatic rings. The molecule has 1 saturated heterocycles. The molecule has 2 N–H and O–H groups in total. The molecule has 1 fully saturated rings. The largest absolute Gasteiger partial charge is 0.352 e. The summed E-state index contributed by atoms with van der Waals surface area (Å²) in [7, 11) is 0. The lowest BCUT2D eigenvalue weighted by Gasteiger charge is -2.27. The van der Waals surface area contributed by atoms with E-state index in [0.717, 1.165) is 35.9 Å². The van der Waals surface area contributed by atoms with E-state index in [1.807, 2.05) is 30.3 Å². The molecule has 1 aliphatic heterocycles. The maximum absolute atomic E-state index is 12.3. The maximum Gasteiger partial charge on any atom is 0.223 e. The first kappa shape index (κ1) is 14.0. The van der Waals surface area contributed by atoms with Crippen molar-refractivity contribution in [2.24, 2.45) is 5.92 Å². The molecule has 2 heterocycles. The van der Waals surface area contributed by atoms with E-state index in [2.05, 4.69) is 22.5 Å². The van der Waals surface area contributed by atoms with Crippen LogP contribution in [-0.4, -0.2) is 23.5 Å². The van der Waals surface area contributed by atoms with Crippen LogP contribution in [0.3, 0.4) is 0 Å². The van der Waals surface area contributed by atoms with Gasteiger partial charge in [-0.25, -0.2) is 0 Å². The fraction of sp³-hybridized carbons (Fsp3) is 0.412. The van der Waals surface area contributed by atoms with Gasteiger partial charge < -0.3 is 10.6 Å². The number of hydrogen-bond acceptors (Lipinski definition) is 3. The molecule has 0 aliphatic carbocycles. The van der Waals surface area contributed by atoms with Crippen LogP contribution in [0.25, 0.3) is 10.9 Å². The van der Waals surface area contributed by atoms with Gasteiger partial charge in [-0.1, -0.05) is 24.3 Å². The second-order valence-corrected chi connectivity index (χ2v) is 5.79. The average molecular weight is 283 g/mol. The summed E-state index contributed by atoms with van der Waals surface area (Å²) >= 11 is 0. The zero-order valence-corrected chi connectivity index (χ0v) is 12.3. The molecule has 21 heavy (non-hydrogen) atoms. The van der Waals surface area contributed by atoms with Crippen molar-refractivity contribution >= 4 is 16.8 Å². The molecule has 110 valence electrons. The molecule has 2 atom stereocenters. The van der Waals surface area contributed by atoms with E-state index in [4.69, 9.17) is 0 Å². The number of nitrogens with zero attached hydrogens (tertiary/aromatic N) is 1. The lowest BCUT2D eigenvalue weighted by atomic mass is 9.92. The molecule has 3 rings (SSSR count). The Morgan fingerprint density at radius 3 is 3.10 bits per heavy atom. The molecule has 1 aromatic carbocycles. The monoisotopic (exact) mass is 283 g/mol. The number of nitrogens with one attached hydrogen (secondary N) is 2. The molecule has 4 nitrogen and oxygen atoms in total. The number of carbonyl (C=O) groups excluding carboxylic acids is 1. The second kappa shape index (κ2) is 6.22. The van der Waals surface area contributed by atoms with Crippen molar-refractivity contribution < 1.29 is 4.79 Å². The van der Waals surface area contributed by atoms with E-state index in [1.54, 1.807) is 6.20 Å². The summed E-state index contributed by atoms with van der Waals surface area (Å²) in [6.07, 6.45) is 3.63. The average Bonchev–Trinajstić information content (AvgIpc) is 2.52. The Balaban J connectivity index is 1.67. The van der Waals surface area contributed by atoms with Crippen LogP contribution in [0, 0.1) is 5.92 Å². The molecule has 1 amide bonds. The number of rotatable bonds is 3. The SMILES string of the molecule is CC1CC(C(=O)NCc2cccc3cccnc23)CCN1. The van der Waals surface area contributed by atoms with Gasteiger partial charge in [0.1, 0.15) is 0 Å². The first-order valence-electron chi connectivity index (χ1n) is 7.58. The lowest BCUT2D eigenvalue weighted by Crippen LogP contribution is -2.42. The molecular weight excluding hydrogens is 262 g/mol. The number of piperidine rings is 1. The van der Waals surface area contributed by atoms with Gasteiger partial charge in [0.05, 0.1) is 5.52 Å². The van der Waals surface area contributed by atoms with Gasteiger partial charge in [-0.2, -0.15) is 0 Å². The third-order valence-corrected chi connectivity index (χ3v) is 4.16. The molecular formula is C17H21N3O. The van der Waals surface area contributed by atoms with Gasteiger partial charge in [-0.05, 0) is 37.9 Å². The Morgan fingerprint density at radius 1 is 1.38 bits per heavy atom. The highest BCUT2D eigenvalue weighted by Gasteiger charge is 2.24. The Bertz CT molecular complexity index is 635. The van der Waals surface area contributed by atoms with Gasteiger partial charge >= 0.3 is 0 Å². The summed E-state index contributed by atoms with van der Waals surface area (Å²) in [6, 6.07) is 10.5. The topological polar surface area (TPSA) is 54.0 Å². The Labute approximate surface area is 125 Å². The van der Waals surface area contributed by atoms with Crippen LogP contribution in [0.1, 0.15) is 25.3 Å². The van der Waals surface area contributed by atoms with Gasteiger partial charge in [0.25, 0.3) is 0 Å². The quantitative estimate of drug-likeness (QED) is 0.908. The van der Waals surface area contributed by atoms with Crippen molar-refractivity contribution in [1.29, 1.82) is 0 Å². The lowest BCUT2D eigenvalue weighted by molar-refractivity contribution is -0.126. The van der Waals surface area contributed by atoms with E-state index in [-0.39, 0.29) is 11.8 Å². The number of benzene rings is 1. The van der Waals surface area contributed by atoms with Crippen molar-refractivity contribution in [2.75, 3.05) is 6.54 Å². The fourth-order valence-electron chi connectivity index (χ4n) is 3.01. The predicted octanol–water partition coefficient (Wildman–Crippen LogP) is 2.24. The van der Waals surface area contributed by atoms with Crippen LogP contribution in [0.2, 0.25) is 0 Å². The first-order chi connectivity index (χ1) is 10.2. The number of pyridine rings is 1. The van der Waals surface area contributed by atoms with Crippen LogP contribution >= 0.6 is 0 Å². The van der Waals surface area contributed by atoms with Gasteiger partial charge in [-0.3, -0.25) is 9.78 Å². The van der Waals surface area contributed by atoms with Crippen molar-refractivity contribution in [3.63, 3.8) is 0 Å². The summed E-state index contributed by atoms with van der Waals surface area (Å²) in [4.78, 5) is 16.7. The highest BCUT2D eigenvalue weighted by atomic mass is 16.1. The number of carbonyl (C=O) groups is 1. The molecule has 1 aromatic heterocycles. The van der Waals surface area contributed by atoms with Crippen LogP contribution in [0.4, 0.5) is 0 Å². The highest BCUT2D eigenvalue weighted by molar-refractivity contribution is 5.83. The number of para-hydroxylation sites is 1. The predicted molar refractivity (Wildman–Crippen MR) is 83.8 cm³/mol. The number of hydrogen-bond donors (Lipinski definition) is 2. The van der Waals surface area contributed by atoms with Crippen LogP contribution in [0.5, 0.6) is 0 Å². The Kier molecular flexibility index (Phi) is 4.15. The van der Waals surface area contributed by atoms with Crippen molar-refractivity contribution in [3.8, 4) is 0 Å². The third-order valence-electron chi connectivity index (χ3n) is 4.16. The van der Waals surface area contributed by atoms with Gasteiger partial charge in [0.15, 0.2) is 0 Å². The van der Waals surface area contributed by atoms with E-state index < -0.39 is 0 Å². The van der Waals surface area contributed by atoms with Crippen molar-refractivity contribution in [3.05, 3.63) is 42.1 Å². The maximum atomic E-state index is 12.3. The molecule has 0 spiro atoms. The Hall–Kier alpha value is -1.94. The van der Waals surface area contributed by atoms with Crippen molar-refractivity contribution in [2.45, 2.75) is 32.4 Å². The number of fused-ring (bicyclic) bond motifs is 1. The van der Waals surface area contributed by atoms with Crippen LogP contribution in [-0.2, 0) is 11.3 Å². The summed E-state index contributed by atoms with van der Waals surface area (Å²) in [5.41, 5.74) is 2.04. The van der Waals surface area contributed by atoms with E-state index >= 15 is 0 Å². The van der Waals surface area contributed by atoms with Gasteiger partial charge in [-0.15, -0.1) is 0 Å². The summed E-state index contributed by atoms with van der Waals surface area (Å²) < 4.78 is 0. The molecule has 4 heteroatoms. The molecule has 0 bridgehead atoms. The molecule has 1 aliphatic rings. The highest BCUT2D eigenvalue weighted by Crippen LogP contribution is 2.18. The fourth-order valence-corrected chi connectivity index (χ4v) is 3.01. The standard InChI is InChI=1S/C17H21N3O/c1-12-10-14(7-9-18-12)17(21)20-11-15-5-2-4-13-6-3-8-19-16(13)15/h2-6,8,12,14,18H,7,9-11H2,1H3,(H,20,21). The number of amides is 1. The van der Waals surface area contributed by atoms with Crippen molar-refractivity contribution in [1.82, 2.24) is 15.6 Å². The summed E-state index contributed by atoms with van der Waals surface area (Å²) in [5.74, 6) is 0.292. The van der Waals surface area contributed by atoms with Gasteiger partial charge in [0, 0.05) is 30.1 Å².